The van der Waals surface area contributed by atoms with Gasteiger partial charge >= 0.3 is 0 Å². The van der Waals surface area contributed by atoms with Crippen LogP contribution in [0.25, 0.3) is 0 Å². The van der Waals surface area contributed by atoms with E-state index in [0.29, 0.717) is 0 Å². The van der Waals surface area contributed by atoms with Crippen LogP contribution in [0, 0.1) is 5.41 Å². The zero-order chi connectivity index (χ0) is 13.1. The van der Waals surface area contributed by atoms with Crippen molar-refractivity contribution in [1.82, 2.24) is 0 Å². The van der Waals surface area contributed by atoms with Crippen molar-refractivity contribution in [2.75, 3.05) is 0 Å². The molecule has 0 bridgehead atoms. The molecule has 0 aromatic heterocycles. The number of rotatable bonds is 9. The van der Waals surface area contributed by atoms with Crippen molar-refractivity contribution in [2.24, 2.45) is 10.4 Å². The van der Waals surface area contributed by atoms with E-state index in [4.69, 9.17) is 0 Å². The molecule has 0 aliphatic rings. The van der Waals surface area contributed by atoms with Crippen LogP contribution >= 0.6 is 0 Å². The Hall–Kier alpha value is -1.11. The lowest BCUT2D eigenvalue weighted by molar-refractivity contribution is 0.329. The molecule has 0 saturated carbocycles. The van der Waals surface area contributed by atoms with Crippen LogP contribution in [-0.2, 0) is 0 Å². The quantitative estimate of drug-likeness (QED) is 0.378. The van der Waals surface area contributed by atoms with E-state index < -0.39 is 0 Å². The van der Waals surface area contributed by atoms with Gasteiger partial charge in [0.2, 0.25) is 0 Å². The first-order chi connectivity index (χ1) is 8.14. The molecule has 0 aliphatic carbocycles. The lowest BCUT2D eigenvalue weighted by Gasteiger charge is -2.31. The zero-order valence-corrected chi connectivity index (χ0v) is 11.7. The van der Waals surface area contributed by atoms with Gasteiger partial charge in [0, 0.05) is 12.4 Å². The van der Waals surface area contributed by atoms with Crippen LogP contribution in [0.1, 0.15) is 52.9 Å². The molecule has 0 N–H and O–H groups in total. The fourth-order valence-electron chi connectivity index (χ4n) is 2.23. The van der Waals surface area contributed by atoms with Gasteiger partial charge in [0.05, 0.1) is 0 Å². The van der Waals surface area contributed by atoms with Crippen molar-refractivity contribution >= 4 is 6.21 Å². The van der Waals surface area contributed by atoms with Gasteiger partial charge in [-0.2, -0.15) is 0 Å². The molecule has 0 radical (unpaired) electrons. The molecule has 17 heavy (non-hydrogen) atoms. The normalized spacial score (nSPS) is 15.8. The highest BCUT2D eigenvalue weighted by atomic mass is 14.6. The first kappa shape index (κ1) is 15.9. The number of nitrogens with zero attached hydrogens (tertiary/aromatic N) is 1. The summed E-state index contributed by atoms with van der Waals surface area (Å²) in [5, 5.41) is 0. The van der Waals surface area contributed by atoms with E-state index in [1.807, 2.05) is 12.3 Å². The Morgan fingerprint density at radius 2 is 1.88 bits per heavy atom. The van der Waals surface area contributed by atoms with E-state index >= 15 is 0 Å². The van der Waals surface area contributed by atoms with Gasteiger partial charge in [0.15, 0.2) is 0 Å². The molecule has 0 rings (SSSR count). The standard InChI is InChI=1S/C16H27N/c1-6-10-13-16(5,12-7-2)15(8-3)11-14-17-9-4/h8-9,11,14H,3-4,6-7,10,12-13H2,1-2,5H3/b15-11+,17-14-. The molecule has 1 unspecified atom stereocenters. The summed E-state index contributed by atoms with van der Waals surface area (Å²) in [6.07, 6.45) is 13.5. The summed E-state index contributed by atoms with van der Waals surface area (Å²) in [6, 6.07) is 0. The summed E-state index contributed by atoms with van der Waals surface area (Å²) in [5.41, 5.74) is 1.53. The third-order valence-corrected chi connectivity index (χ3v) is 3.25. The molecule has 0 aromatic carbocycles. The summed E-state index contributed by atoms with van der Waals surface area (Å²) in [4.78, 5) is 4.03. The molecule has 0 amide bonds. The Labute approximate surface area is 107 Å². The molecule has 0 fully saturated rings. The van der Waals surface area contributed by atoms with E-state index in [0.717, 1.165) is 0 Å². The number of aliphatic imine (C=N–C) groups is 1. The average molecular weight is 233 g/mol. The van der Waals surface area contributed by atoms with Crippen LogP contribution in [-0.4, -0.2) is 6.21 Å². The minimum Gasteiger partial charge on any atom is -0.265 e. The maximum Gasteiger partial charge on any atom is 0.0270 e. The predicted octanol–water partition coefficient (Wildman–Crippen LogP) is 5.31. The van der Waals surface area contributed by atoms with Gasteiger partial charge in [-0.25, -0.2) is 0 Å². The number of unbranched alkanes of at least 4 members (excludes halogenated alkanes) is 1. The van der Waals surface area contributed by atoms with Crippen molar-refractivity contribution in [3.63, 3.8) is 0 Å². The van der Waals surface area contributed by atoms with Crippen LogP contribution in [0.4, 0.5) is 0 Å². The van der Waals surface area contributed by atoms with Crippen molar-refractivity contribution < 1.29 is 0 Å². The second-order valence-electron chi connectivity index (χ2n) is 4.72. The van der Waals surface area contributed by atoms with Gasteiger partial charge in [-0.05, 0) is 29.9 Å². The highest BCUT2D eigenvalue weighted by Crippen LogP contribution is 2.37. The Morgan fingerprint density at radius 1 is 1.18 bits per heavy atom. The maximum absolute atomic E-state index is 4.03. The molecule has 0 saturated heterocycles. The third-order valence-electron chi connectivity index (χ3n) is 3.25. The highest BCUT2D eigenvalue weighted by Gasteiger charge is 2.25. The van der Waals surface area contributed by atoms with Crippen molar-refractivity contribution in [3.05, 3.63) is 37.1 Å². The zero-order valence-electron chi connectivity index (χ0n) is 11.7. The van der Waals surface area contributed by atoms with Crippen LogP contribution < -0.4 is 0 Å². The number of hydrogen-bond donors (Lipinski definition) is 0. The van der Waals surface area contributed by atoms with Crippen LogP contribution in [0.3, 0.4) is 0 Å². The topological polar surface area (TPSA) is 12.4 Å². The largest absolute Gasteiger partial charge is 0.265 e. The summed E-state index contributed by atoms with van der Waals surface area (Å²) < 4.78 is 0. The SMILES string of the molecule is C=C/N=C\C=C(/C=C)C(C)(CCC)CCCC. The monoisotopic (exact) mass is 233 g/mol. The number of hydrogen-bond acceptors (Lipinski definition) is 1. The van der Waals surface area contributed by atoms with E-state index in [-0.39, 0.29) is 5.41 Å². The fraction of sp³-hybridized carbons (Fsp3) is 0.562. The van der Waals surface area contributed by atoms with Gasteiger partial charge in [-0.3, -0.25) is 4.99 Å². The average Bonchev–Trinajstić information content (AvgIpc) is 2.32. The van der Waals surface area contributed by atoms with Gasteiger partial charge in [0.25, 0.3) is 0 Å². The van der Waals surface area contributed by atoms with Gasteiger partial charge in [-0.15, -0.1) is 0 Å². The van der Waals surface area contributed by atoms with Crippen molar-refractivity contribution in [1.29, 1.82) is 0 Å². The van der Waals surface area contributed by atoms with E-state index in [1.165, 1.54) is 37.7 Å². The van der Waals surface area contributed by atoms with Crippen molar-refractivity contribution in [3.8, 4) is 0 Å². The Kier molecular flexibility index (Phi) is 8.39. The Balaban J connectivity index is 4.95. The van der Waals surface area contributed by atoms with E-state index in [1.54, 1.807) is 6.20 Å². The second kappa shape index (κ2) is 8.98. The van der Waals surface area contributed by atoms with Crippen LogP contribution in [0.2, 0.25) is 0 Å². The van der Waals surface area contributed by atoms with Crippen molar-refractivity contribution in [2.45, 2.75) is 52.9 Å². The lowest BCUT2D eigenvalue weighted by atomic mass is 9.74. The van der Waals surface area contributed by atoms with E-state index in [2.05, 4.69) is 45.0 Å². The molecular weight excluding hydrogens is 206 g/mol. The third kappa shape index (κ3) is 5.67. The molecule has 1 atom stereocenters. The summed E-state index contributed by atoms with van der Waals surface area (Å²) >= 11 is 0. The van der Waals surface area contributed by atoms with E-state index in [9.17, 15) is 0 Å². The first-order valence-electron chi connectivity index (χ1n) is 6.61. The summed E-state index contributed by atoms with van der Waals surface area (Å²) in [6.45, 7) is 14.3. The molecule has 0 heterocycles. The minimum absolute atomic E-state index is 0.236. The Bertz CT molecular complexity index is 286. The molecule has 1 nitrogen and oxygen atoms in total. The summed E-state index contributed by atoms with van der Waals surface area (Å²) in [7, 11) is 0. The van der Waals surface area contributed by atoms with Gasteiger partial charge < -0.3 is 0 Å². The predicted molar refractivity (Wildman–Crippen MR) is 79.5 cm³/mol. The molecular formula is C16H27N. The minimum atomic E-state index is 0.236. The van der Waals surface area contributed by atoms with Gasteiger partial charge in [0.1, 0.15) is 0 Å². The smallest absolute Gasteiger partial charge is 0.0270 e. The first-order valence-corrected chi connectivity index (χ1v) is 6.61. The van der Waals surface area contributed by atoms with Crippen LogP contribution in [0.5, 0.6) is 0 Å². The van der Waals surface area contributed by atoms with Crippen LogP contribution in [0.15, 0.2) is 42.1 Å². The fourth-order valence-corrected chi connectivity index (χ4v) is 2.23. The molecule has 0 aliphatic heterocycles. The highest BCUT2D eigenvalue weighted by molar-refractivity contribution is 5.73. The molecule has 96 valence electrons. The van der Waals surface area contributed by atoms with Gasteiger partial charge in [-0.1, -0.05) is 59.3 Å². The number of allylic oxidation sites excluding steroid dienone is 3. The second-order valence-corrected chi connectivity index (χ2v) is 4.72. The molecule has 0 aromatic rings. The Morgan fingerprint density at radius 3 is 2.35 bits per heavy atom. The summed E-state index contributed by atoms with van der Waals surface area (Å²) in [5.74, 6) is 0. The molecule has 0 spiro atoms. The molecule has 1 heteroatoms. The lowest BCUT2D eigenvalue weighted by Crippen LogP contribution is -2.18. The maximum atomic E-state index is 4.03.